The Balaban J connectivity index is 2.98. The Kier molecular flexibility index (Phi) is 6.91. The van der Waals surface area contributed by atoms with Crippen molar-refractivity contribution in [2.24, 2.45) is 5.73 Å². The van der Waals surface area contributed by atoms with Crippen LogP contribution in [0.5, 0.6) is 5.75 Å². The van der Waals surface area contributed by atoms with E-state index < -0.39 is 40.1 Å². The third-order valence-corrected chi connectivity index (χ3v) is 3.58. The van der Waals surface area contributed by atoms with E-state index in [1.807, 2.05) is 20.8 Å². The van der Waals surface area contributed by atoms with Gasteiger partial charge in [0.2, 0.25) is 5.91 Å². The van der Waals surface area contributed by atoms with Crippen LogP contribution >= 0.6 is 0 Å². The summed E-state index contributed by atoms with van der Waals surface area (Å²) in [5.74, 6) is -1.48. The minimum absolute atomic E-state index is 0.0581. The van der Waals surface area contributed by atoms with Gasteiger partial charge >= 0.3 is 5.69 Å². The summed E-state index contributed by atoms with van der Waals surface area (Å²) in [6, 6.07) is 4.62. The van der Waals surface area contributed by atoms with Crippen LogP contribution in [0.15, 0.2) is 24.3 Å². The van der Waals surface area contributed by atoms with Crippen molar-refractivity contribution in [2.75, 3.05) is 0 Å². The molecule has 0 radical (unpaired) electrons. The minimum atomic E-state index is -1.50. The maximum atomic E-state index is 12.7. The molecular formula is C18H27N3O6. The predicted octanol–water partition coefficient (Wildman–Crippen LogP) is 1.93. The lowest BCUT2D eigenvalue weighted by molar-refractivity contribution is -0.386. The van der Waals surface area contributed by atoms with Crippen LogP contribution in [0, 0.1) is 10.1 Å². The van der Waals surface area contributed by atoms with Gasteiger partial charge in [0.25, 0.3) is 5.91 Å². The van der Waals surface area contributed by atoms with Crippen LogP contribution in [-0.4, -0.2) is 40.1 Å². The number of hydrogen-bond acceptors (Lipinski definition) is 6. The van der Waals surface area contributed by atoms with Crippen molar-refractivity contribution in [1.29, 1.82) is 0 Å². The first-order valence-electron chi connectivity index (χ1n) is 8.45. The molecule has 0 bridgehead atoms. The van der Waals surface area contributed by atoms with Crippen LogP contribution in [0.1, 0.15) is 41.5 Å². The van der Waals surface area contributed by atoms with E-state index in [-0.39, 0.29) is 11.4 Å². The zero-order valence-electron chi connectivity index (χ0n) is 16.4. The molecule has 0 aliphatic heterocycles. The number of primary amides is 1. The number of para-hydroxylation sites is 2. The van der Waals surface area contributed by atoms with Crippen LogP contribution in [-0.2, 0) is 14.3 Å². The second-order valence-corrected chi connectivity index (χ2v) is 7.63. The molecule has 2 amide bonds. The molecule has 0 heterocycles. The highest BCUT2D eigenvalue weighted by Crippen LogP contribution is 2.29. The molecule has 0 aliphatic carbocycles. The first kappa shape index (κ1) is 22.4. The fourth-order valence-electron chi connectivity index (χ4n) is 2.38. The molecule has 150 valence electrons. The molecule has 0 aromatic heterocycles. The Labute approximate surface area is 158 Å². The highest BCUT2D eigenvalue weighted by molar-refractivity contribution is 5.91. The SMILES string of the molecule is C[C@@H](OC(C)(C)C)[C@H](NC(=O)C(C)(C)Oc1ccccc1[N+](=O)[O-])C(N)=O. The smallest absolute Gasteiger partial charge is 0.310 e. The predicted molar refractivity (Wildman–Crippen MR) is 99.2 cm³/mol. The number of carbonyl (C=O) groups excluding carboxylic acids is 2. The Hall–Kier alpha value is -2.68. The molecule has 27 heavy (non-hydrogen) atoms. The van der Waals surface area contributed by atoms with E-state index >= 15 is 0 Å². The van der Waals surface area contributed by atoms with Crippen molar-refractivity contribution in [3.8, 4) is 5.75 Å². The van der Waals surface area contributed by atoms with Gasteiger partial charge in [-0.25, -0.2) is 0 Å². The van der Waals surface area contributed by atoms with Crippen LogP contribution < -0.4 is 15.8 Å². The normalized spacial score (nSPS) is 14.1. The Morgan fingerprint density at radius 3 is 2.22 bits per heavy atom. The van der Waals surface area contributed by atoms with E-state index in [0.717, 1.165) is 0 Å². The van der Waals surface area contributed by atoms with Gasteiger partial charge in [-0.3, -0.25) is 19.7 Å². The number of carbonyl (C=O) groups is 2. The summed E-state index contributed by atoms with van der Waals surface area (Å²) < 4.78 is 11.3. The Morgan fingerprint density at radius 1 is 1.19 bits per heavy atom. The summed E-state index contributed by atoms with van der Waals surface area (Å²) in [5, 5.41) is 13.6. The van der Waals surface area contributed by atoms with E-state index in [2.05, 4.69) is 5.32 Å². The number of benzene rings is 1. The number of nitrogens with two attached hydrogens (primary N) is 1. The fourth-order valence-corrected chi connectivity index (χ4v) is 2.38. The molecule has 9 nitrogen and oxygen atoms in total. The third-order valence-electron chi connectivity index (χ3n) is 3.58. The lowest BCUT2D eigenvalue weighted by atomic mass is 10.1. The number of hydrogen-bond donors (Lipinski definition) is 2. The molecule has 1 aromatic carbocycles. The second kappa shape index (κ2) is 8.34. The molecule has 0 saturated carbocycles. The van der Waals surface area contributed by atoms with Gasteiger partial charge in [-0.2, -0.15) is 0 Å². The van der Waals surface area contributed by atoms with Crippen LogP contribution in [0.2, 0.25) is 0 Å². The van der Waals surface area contributed by atoms with E-state index in [9.17, 15) is 19.7 Å². The van der Waals surface area contributed by atoms with Gasteiger partial charge in [0.05, 0.1) is 16.6 Å². The molecular weight excluding hydrogens is 354 g/mol. The summed E-state index contributed by atoms with van der Waals surface area (Å²) in [4.78, 5) is 35.0. The molecule has 2 atom stereocenters. The van der Waals surface area contributed by atoms with E-state index in [1.165, 1.54) is 32.0 Å². The Bertz CT molecular complexity index is 711. The molecule has 3 N–H and O–H groups in total. The topological polar surface area (TPSA) is 134 Å². The van der Waals surface area contributed by atoms with Crippen molar-refractivity contribution in [1.82, 2.24) is 5.32 Å². The van der Waals surface area contributed by atoms with Crippen molar-refractivity contribution >= 4 is 17.5 Å². The zero-order valence-corrected chi connectivity index (χ0v) is 16.4. The number of nitro benzene ring substituents is 1. The van der Waals surface area contributed by atoms with Gasteiger partial charge < -0.3 is 20.5 Å². The molecule has 1 aromatic rings. The number of nitrogens with one attached hydrogen (secondary N) is 1. The second-order valence-electron chi connectivity index (χ2n) is 7.63. The quantitative estimate of drug-likeness (QED) is 0.522. The van der Waals surface area contributed by atoms with Gasteiger partial charge in [-0.1, -0.05) is 12.1 Å². The summed E-state index contributed by atoms with van der Waals surface area (Å²) >= 11 is 0. The first-order chi connectivity index (χ1) is 12.2. The van der Waals surface area contributed by atoms with Crippen molar-refractivity contribution in [3.05, 3.63) is 34.4 Å². The number of rotatable bonds is 8. The maximum Gasteiger partial charge on any atom is 0.310 e. The van der Waals surface area contributed by atoms with Crippen molar-refractivity contribution in [3.63, 3.8) is 0 Å². The van der Waals surface area contributed by atoms with Gasteiger partial charge in [0, 0.05) is 6.07 Å². The number of nitro groups is 1. The summed E-state index contributed by atoms with van der Waals surface area (Å²) in [6.45, 7) is 9.93. The van der Waals surface area contributed by atoms with Gasteiger partial charge in [0.1, 0.15) is 6.04 Å². The largest absolute Gasteiger partial charge is 0.471 e. The third kappa shape index (κ3) is 6.52. The lowest BCUT2D eigenvalue weighted by Gasteiger charge is -2.32. The van der Waals surface area contributed by atoms with Crippen LogP contribution in [0.3, 0.4) is 0 Å². The van der Waals surface area contributed by atoms with Crippen LogP contribution in [0.25, 0.3) is 0 Å². The molecule has 0 saturated heterocycles. The van der Waals surface area contributed by atoms with Gasteiger partial charge in [-0.15, -0.1) is 0 Å². The van der Waals surface area contributed by atoms with E-state index in [1.54, 1.807) is 13.0 Å². The van der Waals surface area contributed by atoms with Gasteiger partial charge in [-0.05, 0) is 47.6 Å². The average molecular weight is 381 g/mol. The zero-order chi connectivity index (χ0) is 21.0. The lowest BCUT2D eigenvalue weighted by Crippen LogP contribution is -2.58. The fraction of sp³-hybridized carbons (Fsp3) is 0.556. The average Bonchev–Trinajstić information content (AvgIpc) is 2.49. The Morgan fingerprint density at radius 2 is 1.74 bits per heavy atom. The first-order valence-corrected chi connectivity index (χ1v) is 8.45. The molecule has 0 aliphatic rings. The summed E-state index contributed by atoms with van der Waals surface area (Å²) in [7, 11) is 0. The summed E-state index contributed by atoms with van der Waals surface area (Å²) in [5.41, 5.74) is 3.09. The molecule has 0 fully saturated rings. The molecule has 1 rings (SSSR count). The van der Waals surface area contributed by atoms with Crippen molar-refractivity contribution < 1.29 is 24.0 Å². The number of amides is 2. The minimum Gasteiger partial charge on any atom is -0.471 e. The van der Waals surface area contributed by atoms with Crippen LogP contribution in [0.4, 0.5) is 5.69 Å². The standard InChI is InChI=1S/C18H27N3O6/c1-11(26-17(2,3)4)14(15(19)22)20-16(23)18(5,6)27-13-10-8-7-9-12(13)21(24)25/h7-11,14H,1-6H3,(H2,19,22)(H,20,23)/t11-,14+/m1/s1. The monoisotopic (exact) mass is 381 g/mol. The van der Waals surface area contributed by atoms with E-state index in [0.29, 0.717) is 0 Å². The number of nitrogens with zero attached hydrogens (tertiary/aromatic N) is 1. The molecule has 9 heteroatoms. The molecule has 0 spiro atoms. The van der Waals surface area contributed by atoms with Crippen molar-refractivity contribution in [2.45, 2.75) is 64.9 Å². The summed E-state index contributed by atoms with van der Waals surface area (Å²) in [6.07, 6.45) is -0.687. The highest BCUT2D eigenvalue weighted by atomic mass is 16.6. The van der Waals surface area contributed by atoms with Gasteiger partial charge in [0.15, 0.2) is 11.4 Å². The highest BCUT2D eigenvalue weighted by Gasteiger charge is 2.37. The number of ether oxygens (including phenoxy) is 2. The molecule has 0 unspecified atom stereocenters. The van der Waals surface area contributed by atoms with E-state index in [4.69, 9.17) is 15.2 Å². The maximum absolute atomic E-state index is 12.7.